The van der Waals surface area contributed by atoms with Gasteiger partial charge in [0.2, 0.25) is 0 Å². The van der Waals surface area contributed by atoms with Crippen LogP contribution in [0.1, 0.15) is 45.4 Å². The molecule has 1 fully saturated rings. The third-order valence-electron chi connectivity index (χ3n) is 5.16. The summed E-state index contributed by atoms with van der Waals surface area (Å²) >= 11 is 3.45. The maximum absolute atomic E-state index is 6.24. The number of hydrogen-bond donors (Lipinski definition) is 2. The van der Waals surface area contributed by atoms with Crippen molar-refractivity contribution in [3.8, 4) is 0 Å². The number of aromatic nitrogens is 3. The zero-order valence-corrected chi connectivity index (χ0v) is 13.7. The molecule has 2 aromatic heterocycles. The molecule has 1 saturated carbocycles. The van der Waals surface area contributed by atoms with E-state index in [1.807, 2.05) is 6.07 Å². The number of pyridine rings is 1. The molecule has 1 aliphatic carbocycles. The fraction of sp³-hybridized carbons (Fsp3) is 0.600. The summed E-state index contributed by atoms with van der Waals surface area (Å²) in [6.45, 7) is 6.87. The van der Waals surface area contributed by atoms with Crippen LogP contribution < -0.4 is 5.73 Å². The smallest absolute Gasteiger partial charge is 0.177 e. The quantitative estimate of drug-likeness (QED) is 0.836. The first-order chi connectivity index (χ1) is 9.39. The van der Waals surface area contributed by atoms with E-state index in [1.54, 1.807) is 6.20 Å². The van der Waals surface area contributed by atoms with E-state index in [2.05, 4.69) is 46.7 Å². The molecule has 0 aliphatic heterocycles. The number of aromatic amines is 1. The van der Waals surface area contributed by atoms with Crippen molar-refractivity contribution in [2.45, 2.75) is 45.6 Å². The Morgan fingerprint density at radius 2 is 2.15 bits per heavy atom. The van der Waals surface area contributed by atoms with Gasteiger partial charge in [-0.25, -0.2) is 9.97 Å². The Hall–Kier alpha value is -0.940. The molecule has 2 aromatic rings. The minimum atomic E-state index is 0.142. The maximum Gasteiger partial charge on any atom is 0.177 e. The topological polar surface area (TPSA) is 67.6 Å². The van der Waals surface area contributed by atoms with Crippen LogP contribution in [0.3, 0.4) is 0 Å². The Bertz CT molecular complexity index is 634. The van der Waals surface area contributed by atoms with E-state index in [9.17, 15) is 0 Å². The predicted molar refractivity (Wildman–Crippen MR) is 84.5 cm³/mol. The largest absolute Gasteiger partial charge is 0.340 e. The summed E-state index contributed by atoms with van der Waals surface area (Å²) in [4.78, 5) is 12.5. The summed E-state index contributed by atoms with van der Waals surface area (Å²) in [7, 11) is 0. The third-order valence-corrected chi connectivity index (χ3v) is 5.59. The van der Waals surface area contributed by atoms with E-state index >= 15 is 0 Å². The van der Waals surface area contributed by atoms with Gasteiger partial charge in [0.1, 0.15) is 5.82 Å². The Morgan fingerprint density at radius 1 is 1.40 bits per heavy atom. The van der Waals surface area contributed by atoms with Crippen LogP contribution in [0.5, 0.6) is 0 Å². The lowest BCUT2D eigenvalue weighted by atomic mass is 9.61. The van der Waals surface area contributed by atoms with Crippen LogP contribution in [0.25, 0.3) is 11.2 Å². The Balaban J connectivity index is 2.01. The van der Waals surface area contributed by atoms with Gasteiger partial charge in [0.15, 0.2) is 5.65 Å². The van der Waals surface area contributed by atoms with Crippen LogP contribution in [0.2, 0.25) is 0 Å². The van der Waals surface area contributed by atoms with Crippen LogP contribution in [0.15, 0.2) is 16.7 Å². The highest BCUT2D eigenvalue weighted by atomic mass is 79.9. The summed E-state index contributed by atoms with van der Waals surface area (Å²) in [5, 5.41) is 0. The van der Waals surface area contributed by atoms with Crippen molar-refractivity contribution in [3.05, 3.63) is 22.6 Å². The lowest BCUT2D eigenvalue weighted by Gasteiger charge is -2.46. The highest BCUT2D eigenvalue weighted by molar-refractivity contribution is 9.10. The van der Waals surface area contributed by atoms with Gasteiger partial charge in [-0.05, 0) is 46.2 Å². The number of H-pyrrole nitrogens is 1. The first-order valence-corrected chi connectivity index (χ1v) is 7.95. The number of halogens is 1. The molecular formula is C15H21BrN4. The van der Waals surface area contributed by atoms with Gasteiger partial charge in [-0.3, -0.25) is 0 Å². The molecule has 0 aromatic carbocycles. The zero-order chi connectivity index (χ0) is 14.5. The summed E-state index contributed by atoms with van der Waals surface area (Å²) in [6.07, 6.45) is 3.93. The molecule has 0 radical (unpaired) electrons. The molecular weight excluding hydrogens is 316 g/mol. The zero-order valence-electron chi connectivity index (χ0n) is 12.2. The van der Waals surface area contributed by atoms with Crippen LogP contribution in [0, 0.1) is 11.3 Å². The Labute approximate surface area is 127 Å². The molecule has 108 valence electrons. The van der Waals surface area contributed by atoms with E-state index in [-0.39, 0.29) is 11.5 Å². The van der Waals surface area contributed by atoms with E-state index in [0.717, 1.165) is 34.3 Å². The minimum absolute atomic E-state index is 0.142. The van der Waals surface area contributed by atoms with E-state index in [0.29, 0.717) is 11.8 Å². The van der Waals surface area contributed by atoms with Gasteiger partial charge in [0, 0.05) is 22.6 Å². The van der Waals surface area contributed by atoms with Crippen molar-refractivity contribution in [1.29, 1.82) is 0 Å². The van der Waals surface area contributed by atoms with Gasteiger partial charge < -0.3 is 10.7 Å². The number of nitrogens with two attached hydrogens (primary N) is 1. The van der Waals surface area contributed by atoms with Crippen LogP contribution in [-0.2, 0) is 0 Å². The number of imidazole rings is 1. The van der Waals surface area contributed by atoms with Gasteiger partial charge in [-0.1, -0.05) is 20.8 Å². The highest BCUT2D eigenvalue weighted by Gasteiger charge is 2.43. The fourth-order valence-corrected chi connectivity index (χ4v) is 3.73. The summed E-state index contributed by atoms with van der Waals surface area (Å²) in [6, 6.07) is 2.32. The lowest BCUT2D eigenvalue weighted by molar-refractivity contribution is 0.0954. The molecule has 0 saturated heterocycles. The first kappa shape index (κ1) is 14.0. The summed E-state index contributed by atoms with van der Waals surface area (Å²) < 4.78 is 0.971. The SMILES string of the molecule is CC1C(N)CCC(c2nc3ncc(Br)cc3[nH]2)C1(C)C. The molecule has 0 bridgehead atoms. The van der Waals surface area contributed by atoms with Gasteiger partial charge in [0.05, 0.1) is 5.52 Å². The van der Waals surface area contributed by atoms with Gasteiger partial charge in [0.25, 0.3) is 0 Å². The second-order valence-electron chi connectivity index (χ2n) is 6.55. The Morgan fingerprint density at radius 3 is 2.90 bits per heavy atom. The molecule has 1 aliphatic rings. The van der Waals surface area contributed by atoms with Crippen molar-refractivity contribution < 1.29 is 0 Å². The molecule has 20 heavy (non-hydrogen) atoms. The second kappa shape index (κ2) is 4.81. The van der Waals surface area contributed by atoms with Crippen molar-refractivity contribution in [3.63, 3.8) is 0 Å². The minimum Gasteiger partial charge on any atom is -0.340 e. The molecule has 2 heterocycles. The third kappa shape index (κ3) is 2.17. The molecule has 3 N–H and O–H groups in total. The monoisotopic (exact) mass is 336 g/mol. The van der Waals surface area contributed by atoms with Gasteiger partial charge in [-0.15, -0.1) is 0 Å². The molecule has 0 amide bonds. The molecule has 5 heteroatoms. The lowest BCUT2D eigenvalue weighted by Crippen LogP contribution is -2.46. The molecule has 3 atom stereocenters. The van der Waals surface area contributed by atoms with Crippen LogP contribution in [0.4, 0.5) is 0 Å². The number of rotatable bonds is 1. The van der Waals surface area contributed by atoms with Crippen molar-refractivity contribution in [2.75, 3.05) is 0 Å². The fourth-order valence-electron chi connectivity index (χ4n) is 3.40. The number of fused-ring (bicyclic) bond motifs is 1. The predicted octanol–water partition coefficient (Wildman–Crippen LogP) is 3.59. The highest BCUT2D eigenvalue weighted by Crippen LogP contribution is 2.49. The Kier molecular flexibility index (Phi) is 3.37. The van der Waals surface area contributed by atoms with Crippen molar-refractivity contribution in [2.24, 2.45) is 17.1 Å². The number of nitrogens with zero attached hydrogens (tertiary/aromatic N) is 2. The molecule has 3 rings (SSSR count). The molecule has 3 unspecified atom stereocenters. The van der Waals surface area contributed by atoms with Crippen molar-refractivity contribution in [1.82, 2.24) is 15.0 Å². The maximum atomic E-state index is 6.24. The summed E-state index contributed by atoms with van der Waals surface area (Å²) in [5.74, 6) is 1.94. The van der Waals surface area contributed by atoms with Gasteiger partial charge >= 0.3 is 0 Å². The average Bonchev–Trinajstić information content (AvgIpc) is 2.78. The molecule has 0 spiro atoms. The number of hydrogen-bond acceptors (Lipinski definition) is 3. The van der Waals surface area contributed by atoms with Crippen molar-refractivity contribution >= 4 is 27.1 Å². The normalized spacial score (nSPS) is 29.8. The van der Waals surface area contributed by atoms with E-state index in [4.69, 9.17) is 10.7 Å². The second-order valence-corrected chi connectivity index (χ2v) is 7.47. The van der Waals surface area contributed by atoms with Crippen LogP contribution >= 0.6 is 15.9 Å². The summed E-state index contributed by atoms with van der Waals surface area (Å²) in [5.41, 5.74) is 8.17. The van der Waals surface area contributed by atoms with Gasteiger partial charge in [-0.2, -0.15) is 0 Å². The van der Waals surface area contributed by atoms with E-state index < -0.39 is 0 Å². The molecule has 4 nitrogen and oxygen atoms in total. The van der Waals surface area contributed by atoms with E-state index in [1.165, 1.54) is 0 Å². The van der Waals surface area contributed by atoms with Crippen LogP contribution in [-0.4, -0.2) is 21.0 Å². The number of nitrogens with one attached hydrogen (secondary N) is 1. The first-order valence-electron chi connectivity index (χ1n) is 7.16. The average molecular weight is 337 g/mol. The standard InChI is InChI=1S/C15H21BrN4/c1-8-11(17)5-4-10(15(8,2)3)13-19-12-6-9(16)7-18-14(12)20-13/h6-8,10-11H,4-5,17H2,1-3H3,(H,18,19,20).